The highest BCUT2D eigenvalue weighted by Gasteiger charge is 2.29. The summed E-state index contributed by atoms with van der Waals surface area (Å²) in [6.45, 7) is 3.88. The largest absolute Gasteiger partial charge is 0.541 e. The normalized spacial score (nSPS) is 10.9. The Labute approximate surface area is 159 Å². The number of hydrogen-bond acceptors (Lipinski definition) is 4. The highest BCUT2D eigenvalue weighted by Crippen LogP contribution is 2.48. The van der Waals surface area contributed by atoms with Crippen LogP contribution in [0, 0.1) is 13.8 Å². The number of ether oxygens (including phenoxy) is 1. The monoisotopic (exact) mass is 383 g/mol. The summed E-state index contributed by atoms with van der Waals surface area (Å²) in [6.07, 6.45) is 0. The third-order valence-electron chi connectivity index (χ3n) is 3.79. The van der Waals surface area contributed by atoms with Gasteiger partial charge in [0.25, 0.3) is 0 Å². The van der Waals surface area contributed by atoms with Gasteiger partial charge in [-0.1, -0.05) is 24.3 Å². The highest BCUT2D eigenvalue weighted by atomic mass is 31.2. The molecule has 0 spiro atoms. The van der Waals surface area contributed by atoms with Crippen molar-refractivity contribution >= 4 is 13.4 Å². The number of aryl methyl sites for hydroxylation is 2. The van der Waals surface area contributed by atoms with Crippen molar-refractivity contribution in [3.05, 3.63) is 83.9 Å². The van der Waals surface area contributed by atoms with E-state index in [2.05, 4.69) is 5.09 Å². The molecule has 1 N–H and O–H groups in total. The summed E-state index contributed by atoms with van der Waals surface area (Å²) in [5.74, 6) is 1.63. The van der Waals surface area contributed by atoms with E-state index < -0.39 is 7.75 Å². The number of nitrogens with one attached hydrogen (secondary N) is 1. The van der Waals surface area contributed by atoms with Crippen LogP contribution in [-0.2, 0) is 4.57 Å². The number of hydrogen-bond donors (Lipinski definition) is 1. The van der Waals surface area contributed by atoms with E-state index in [0.29, 0.717) is 22.9 Å². The van der Waals surface area contributed by atoms with Gasteiger partial charge < -0.3 is 13.8 Å². The maximum absolute atomic E-state index is 13.5. The molecule has 3 rings (SSSR count). The molecule has 3 aromatic rings. The lowest BCUT2D eigenvalue weighted by Gasteiger charge is -2.21. The number of benzene rings is 3. The van der Waals surface area contributed by atoms with E-state index >= 15 is 0 Å². The van der Waals surface area contributed by atoms with Crippen LogP contribution in [0.25, 0.3) is 0 Å². The van der Waals surface area contributed by atoms with Gasteiger partial charge in [-0.2, -0.15) is 0 Å². The molecule has 0 unspecified atom stereocenters. The maximum Gasteiger partial charge on any atom is 0.541 e. The molecule has 0 aliphatic carbocycles. The topological polar surface area (TPSA) is 56.8 Å². The molecule has 27 heavy (non-hydrogen) atoms. The van der Waals surface area contributed by atoms with Crippen LogP contribution < -0.4 is 18.9 Å². The molecule has 0 aromatic heterocycles. The first-order chi connectivity index (χ1) is 13.0. The Morgan fingerprint density at radius 1 is 0.741 bits per heavy atom. The van der Waals surface area contributed by atoms with Gasteiger partial charge in [-0.25, -0.2) is 4.57 Å². The summed E-state index contributed by atoms with van der Waals surface area (Å²) in [6, 6.07) is 21.7. The maximum atomic E-state index is 13.5. The predicted molar refractivity (Wildman–Crippen MR) is 108 cm³/mol. The Morgan fingerprint density at radius 3 is 1.70 bits per heavy atom. The van der Waals surface area contributed by atoms with Gasteiger partial charge in [-0.15, -0.1) is 0 Å². The van der Waals surface area contributed by atoms with E-state index in [1.165, 1.54) is 0 Å². The number of rotatable bonds is 7. The van der Waals surface area contributed by atoms with Crippen LogP contribution in [0.3, 0.4) is 0 Å². The second kappa shape index (κ2) is 8.19. The average Bonchev–Trinajstić information content (AvgIpc) is 2.62. The van der Waals surface area contributed by atoms with Crippen LogP contribution in [0.5, 0.6) is 17.2 Å². The Hall–Kier alpha value is -2.91. The van der Waals surface area contributed by atoms with Crippen LogP contribution >= 0.6 is 7.75 Å². The van der Waals surface area contributed by atoms with Crippen molar-refractivity contribution in [2.24, 2.45) is 0 Å². The summed E-state index contributed by atoms with van der Waals surface area (Å²) >= 11 is 0. The van der Waals surface area contributed by atoms with Crippen molar-refractivity contribution < 1.29 is 18.3 Å². The van der Waals surface area contributed by atoms with E-state index in [1.54, 1.807) is 43.5 Å². The fourth-order valence-corrected chi connectivity index (χ4v) is 3.89. The minimum absolute atomic E-state index is 0.465. The van der Waals surface area contributed by atoms with Gasteiger partial charge in [0.05, 0.1) is 7.11 Å². The molecule has 0 bridgehead atoms. The number of anilines is 1. The second-order valence-corrected chi connectivity index (χ2v) is 7.74. The molecule has 140 valence electrons. The van der Waals surface area contributed by atoms with Gasteiger partial charge in [0.15, 0.2) is 0 Å². The van der Waals surface area contributed by atoms with Gasteiger partial charge in [0.1, 0.15) is 17.2 Å². The SMILES string of the molecule is COc1ccc(NP(=O)(Oc2cccc(C)c2)Oc2cccc(C)c2)cc1. The molecule has 3 aromatic carbocycles. The Morgan fingerprint density at radius 2 is 1.26 bits per heavy atom. The third-order valence-corrected chi connectivity index (χ3v) is 5.22. The fraction of sp³-hybridized carbons (Fsp3) is 0.143. The zero-order valence-corrected chi connectivity index (χ0v) is 16.4. The van der Waals surface area contributed by atoms with E-state index in [4.69, 9.17) is 13.8 Å². The Kier molecular flexibility index (Phi) is 5.72. The summed E-state index contributed by atoms with van der Waals surface area (Å²) in [7, 11) is -2.15. The first kappa shape index (κ1) is 18.9. The summed E-state index contributed by atoms with van der Waals surface area (Å²) in [5, 5.41) is 2.90. The lowest BCUT2D eigenvalue weighted by Crippen LogP contribution is -2.10. The van der Waals surface area contributed by atoms with Crippen molar-refractivity contribution in [3.63, 3.8) is 0 Å². The molecular formula is C21H22NO4P. The Bertz CT molecular complexity index is 905. The first-order valence-corrected chi connectivity index (χ1v) is 10.0. The molecule has 0 aliphatic rings. The molecule has 0 saturated carbocycles. The minimum atomic E-state index is -3.74. The van der Waals surface area contributed by atoms with E-state index in [0.717, 1.165) is 11.1 Å². The molecule has 5 nitrogen and oxygen atoms in total. The van der Waals surface area contributed by atoms with Crippen molar-refractivity contribution in [3.8, 4) is 17.2 Å². The smallest absolute Gasteiger partial charge is 0.497 e. The molecule has 0 heterocycles. The van der Waals surface area contributed by atoms with Gasteiger partial charge >= 0.3 is 7.75 Å². The van der Waals surface area contributed by atoms with Crippen LogP contribution in [0.4, 0.5) is 5.69 Å². The third kappa shape index (κ3) is 5.28. The van der Waals surface area contributed by atoms with Crippen LogP contribution in [0.1, 0.15) is 11.1 Å². The van der Waals surface area contributed by atoms with Crippen LogP contribution in [0.15, 0.2) is 72.8 Å². The van der Waals surface area contributed by atoms with E-state index in [1.807, 2.05) is 50.2 Å². The molecule has 0 atom stereocenters. The molecular weight excluding hydrogens is 361 g/mol. The van der Waals surface area contributed by atoms with Crippen LogP contribution in [0.2, 0.25) is 0 Å². The molecule has 0 radical (unpaired) electrons. The zero-order valence-electron chi connectivity index (χ0n) is 15.5. The van der Waals surface area contributed by atoms with Gasteiger partial charge in [0, 0.05) is 5.69 Å². The first-order valence-electron chi connectivity index (χ1n) is 8.51. The zero-order chi connectivity index (χ0) is 19.3. The lowest BCUT2D eigenvalue weighted by molar-refractivity contribution is 0.392. The minimum Gasteiger partial charge on any atom is -0.497 e. The highest BCUT2D eigenvalue weighted by molar-refractivity contribution is 7.56. The summed E-state index contributed by atoms with van der Waals surface area (Å²) in [5.41, 5.74) is 2.59. The van der Waals surface area contributed by atoms with Crippen molar-refractivity contribution in [2.75, 3.05) is 12.2 Å². The summed E-state index contributed by atoms with van der Waals surface area (Å²) < 4.78 is 30.2. The number of methoxy groups -OCH3 is 1. The van der Waals surface area contributed by atoms with Crippen molar-refractivity contribution in [2.45, 2.75) is 13.8 Å². The molecule has 0 fully saturated rings. The summed E-state index contributed by atoms with van der Waals surface area (Å²) in [4.78, 5) is 0. The molecule has 0 saturated heterocycles. The second-order valence-electron chi connectivity index (χ2n) is 6.15. The van der Waals surface area contributed by atoms with Crippen molar-refractivity contribution in [1.29, 1.82) is 0 Å². The fourth-order valence-electron chi connectivity index (χ4n) is 2.51. The standard InChI is InChI=1S/C21H22NO4P/c1-16-6-4-8-20(14-16)25-27(23,26-21-9-5-7-17(2)15-21)22-18-10-12-19(24-3)13-11-18/h4-15H,1-3H3,(H,22,23). The van der Waals surface area contributed by atoms with E-state index in [9.17, 15) is 4.57 Å². The van der Waals surface area contributed by atoms with Gasteiger partial charge in [-0.3, -0.25) is 5.09 Å². The Balaban J connectivity index is 1.89. The van der Waals surface area contributed by atoms with Crippen LogP contribution in [-0.4, -0.2) is 7.11 Å². The lowest BCUT2D eigenvalue weighted by atomic mass is 10.2. The van der Waals surface area contributed by atoms with Gasteiger partial charge in [-0.05, 0) is 73.5 Å². The quantitative estimate of drug-likeness (QED) is 0.508. The molecule has 0 aliphatic heterocycles. The molecule has 6 heteroatoms. The van der Waals surface area contributed by atoms with Crippen molar-refractivity contribution in [1.82, 2.24) is 0 Å². The van der Waals surface area contributed by atoms with E-state index in [-0.39, 0.29) is 0 Å². The molecule has 0 amide bonds. The average molecular weight is 383 g/mol. The predicted octanol–water partition coefficient (Wildman–Crippen LogP) is 5.99. The van der Waals surface area contributed by atoms with Gasteiger partial charge in [0.2, 0.25) is 0 Å².